The molecule has 2 heterocycles. The van der Waals surface area contributed by atoms with Crippen LogP contribution in [0.2, 0.25) is 0 Å². The van der Waals surface area contributed by atoms with Crippen LogP contribution in [0.3, 0.4) is 0 Å². The van der Waals surface area contributed by atoms with Crippen LogP contribution < -0.4 is 14.8 Å². The Morgan fingerprint density at radius 1 is 1.00 bits per heavy atom. The van der Waals surface area contributed by atoms with E-state index in [9.17, 15) is 0 Å². The Balaban J connectivity index is 1.98. The maximum Gasteiger partial charge on any atom is 0.133 e. The highest BCUT2D eigenvalue weighted by atomic mass is 16.5. The fourth-order valence-electron chi connectivity index (χ4n) is 3.60. The van der Waals surface area contributed by atoms with Gasteiger partial charge >= 0.3 is 0 Å². The monoisotopic (exact) mass is 349 g/mol. The molecule has 0 aliphatic carbocycles. The smallest absolute Gasteiger partial charge is 0.133 e. The SMILES string of the molecule is COc1cccc(OC)c1-c1nn(-c2cccc(C)c2C)c2c1CCN2. The fourth-order valence-corrected chi connectivity index (χ4v) is 3.60. The largest absolute Gasteiger partial charge is 0.496 e. The number of benzene rings is 2. The number of ether oxygens (including phenoxy) is 2. The number of anilines is 1. The Hall–Kier alpha value is -2.95. The fraction of sp³-hybridized carbons (Fsp3) is 0.286. The number of hydrogen-bond donors (Lipinski definition) is 1. The molecule has 2 aromatic carbocycles. The first-order chi connectivity index (χ1) is 12.7. The molecule has 0 unspecified atom stereocenters. The molecule has 0 amide bonds. The van der Waals surface area contributed by atoms with E-state index in [-0.39, 0.29) is 0 Å². The van der Waals surface area contributed by atoms with Crippen molar-refractivity contribution < 1.29 is 9.47 Å². The average molecular weight is 349 g/mol. The van der Waals surface area contributed by atoms with E-state index in [0.717, 1.165) is 47.2 Å². The second kappa shape index (κ2) is 6.41. The molecule has 5 nitrogen and oxygen atoms in total. The van der Waals surface area contributed by atoms with Gasteiger partial charge in [-0.25, -0.2) is 4.68 Å². The number of aromatic nitrogens is 2. The topological polar surface area (TPSA) is 48.3 Å². The van der Waals surface area contributed by atoms with Gasteiger partial charge in [-0.1, -0.05) is 18.2 Å². The van der Waals surface area contributed by atoms with E-state index in [1.165, 1.54) is 16.7 Å². The van der Waals surface area contributed by atoms with Gasteiger partial charge in [-0.2, -0.15) is 5.10 Å². The molecule has 134 valence electrons. The molecule has 1 aliphatic heterocycles. The Morgan fingerprint density at radius 3 is 2.38 bits per heavy atom. The van der Waals surface area contributed by atoms with Crippen molar-refractivity contribution in [1.29, 1.82) is 0 Å². The summed E-state index contributed by atoms with van der Waals surface area (Å²) < 4.78 is 13.2. The van der Waals surface area contributed by atoms with Crippen molar-refractivity contribution in [1.82, 2.24) is 9.78 Å². The Bertz CT molecular complexity index is 953. The molecule has 0 saturated heterocycles. The molecule has 3 aromatic rings. The first kappa shape index (κ1) is 16.5. The zero-order valence-corrected chi connectivity index (χ0v) is 15.6. The van der Waals surface area contributed by atoms with E-state index in [1.807, 2.05) is 22.9 Å². The normalized spacial score (nSPS) is 12.6. The first-order valence-electron chi connectivity index (χ1n) is 8.79. The average Bonchev–Trinajstić information content (AvgIpc) is 3.26. The molecule has 1 N–H and O–H groups in total. The predicted molar refractivity (Wildman–Crippen MR) is 104 cm³/mol. The lowest BCUT2D eigenvalue weighted by Gasteiger charge is -2.13. The summed E-state index contributed by atoms with van der Waals surface area (Å²) in [7, 11) is 3.36. The summed E-state index contributed by atoms with van der Waals surface area (Å²) in [6.07, 6.45) is 0.927. The number of aryl methyl sites for hydroxylation is 1. The van der Waals surface area contributed by atoms with Crippen LogP contribution >= 0.6 is 0 Å². The third-order valence-electron chi connectivity index (χ3n) is 5.12. The van der Waals surface area contributed by atoms with Gasteiger partial charge in [-0.3, -0.25) is 0 Å². The lowest BCUT2D eigenvalue weighted by atomic mass is 10.0. The summed E-state index contributed by atoms with van der Waals surface area (Å²) in [6, 6.07) is 12.1. The number of methoxy groups -OCH3 is 2. The first-order valence-corrected chi connectivity index (χ1v) is 8.79. The summed E-state index contributed by atoms with van der Waals surface area (Å²) >= 11 is 0. The summed E-state index contributed by atoms with van der Waals surface area (Å²) in [5.74, 6) is 2.59. The number of hydrogen-bond acceptors (Lipinski definition) is 4. The maximum atomic E-state index is 5.61. The zero-order valence-electron chi connectivity index (χ0n) is 15.6. The van der Waals surface area contributed by atoms with Crippen LogP contribution in [-0.4, -0.2) is 30.5 Å². The second-order valence-corrected chi connectivity index (χ2v) is 6.52. The van der Waals surface area contributed by atoms with E-state index in [2.05, 4.69) is 37.4 Å². The van der Waals surface area contributed by atoms with E-state index in [0.29, 0.717) is 0 Å². The van der Waals surface area contributed by atoms with Crippen LogP contribution in [0, 0.1) is 13.8 Å². The maximum absolute atomic E-state index is 5.61. The van der Waals surface area contributed by atoms with Gasteiger partial charge in [0, 0.05) is 12.1 Å². The van der Waals surface area contributed by atoms with Crippen molar-refractivity contribution in [3.05, 3.63) is 53.1 Å². The van der Waals surface area contributed by atoms with Gasteiger partial charge in [-0.15, -0.1) is 0 Å². The molecule has 0 spiro atoms. The highest BCUT2D eigenvalue weighted by Crippen LogP contribution is 2.43. The van der Waals surface area contributed by atoms with E-state index in [4.69, 9.17) is 14.6 Å². The van der Waals surface area contributed by atoms with Gasteiger partial charge in [0.2, 0.25) is 0 Å². The van der Waals surface area contributed by atoms with Gasteiger partial charge in [0.25, 0.3) is 0 Å². The van der Waals surface area contributed by atoms with Crippen molar-refractivity contribution in [3.8, 4) is 28.4 Å². The number of nitrogens with one attached hydrogen (secondary N) is 1. The highest BCUT2D eigenvalue weighted by molar-refractivity contribution is 5.81. The number of rotatable bonds is 4. The minimum atomic E-state index is 0.768. The predicted octanol–water partition coefficient (Wildman–Crippen LogP) is 4.14. The van der Waals surface area contributed by atoms with Crippen LogP contribution in [0.15, 0.2) is 36.4 Å². The minimum Gasteiger partial charge on any atom is -0.496 e. The summed E-state index contributed by atoms with van der Waals surface area (Å²) in [4.78, 5) is 0. The van der Waals surface area contributed by atoms with Crippen LogP contribution in [0.4, 0.5) is 5.82 Å². The van der Waals surface area contributed by atoms with Gasteiger partial charge in [0.1, 0.15) is 23.0 Å². The molecule has 1 aliphatic rings. The van der Waals surface area contributed by atoms with Crippen molar-refractivity contribution >= 4 is 5.82 Å². The molecule has 0 radical (unpaired) electrons. The Morgan fingerprint density at radius 2 is 1.69 bits per heavy atom. The summed E-state index contributed by atoms with van der Waals surface area (Å²) in [5, 5.41) is 8.48. The molecule has 4 rings (SSSR count). The zero-order chi connectivity index (χ0) is 18.3. The standard InChI is InChI=1S/C21H23N3O2/c1-13-7-5-8-16(14(13)2)24-21-15(11-12-22-21)20(23-24)19-17(25-3)9-6-10-18(19)26-4/h5-10,22H,11-12H2,1-4H3. The molecule has 5 heteroatoms. The van der Waals surface area contributed by atoms with Crippen molar-refractivity contribution in [2.24, 2.45) is 0 Å². The third-order valence-corrected chi connectivity index (χ3v) is 5.12. The molecule has 0 atom stereocenters. The molecular weight excluding hydrogens is 326 g/mol. The van der Waals surface area contributed by atoms with Crippen molar-refractivity contribution in [2.45, 2.75) is 20.3 Å². The summed E-state index contributed by atoms with van der Waals surface area (Å²) in [5.41, 5.74) is 6.59. The minimum absolute atomic E-state index is 0.768. The lowest BCUT2D eigenvalue weighted by molar-refractivity contribution is 0.397. The van der Waals surface area contributed by atoms with Crippen LogP contribution in [0.1, 0.15) is 16.7 Å². The molecule has 0 saturated carbocycles. The molecule has 0 fully saturated rings. The van der Waals surface area contributed by atoms with Crippen molar-refractivity contribution in [2.75, 3.05) is 26.1 Å². The Kier molecular flexibility index (Phi) is 4.07. The molecular formula is C21H23N3O2. The van der Waals surface area contributed by atoms with Gasteiger partial charge in [0.15, 0.2) is 0 Å². The quantitative estimate of drug-likeness (QED) is 0.769. The highest BCUT2D eigenvalue weighted by Gasteiger charge is 2.28. The number of fused-ring (bicyclic) bond motifs is 1. The number of nitrogens with zero attached hydrogens (tertiary/aromatic N) is 2. The third kappa shape index (κ3) is 2.43. The molecule has 0 bridgehead atoms. The second-order valence-electron chi connectivity index (χ2n) is 6.52. The van der Waals surface area contributed by atoms with Gasteiger partial charge in [0.05, 0.1) is 25.5 Å². The summed E-state index contributed by atoms with van der Waals surface area (Å²) in [6.45, 7) is 5.17. The van der Waals surface area contributed by atoms with Crippen LogP contribution in [-0.2, 0) is 6.42 Å². The Labute approximate surface area is 153 Å². The van der Waals surface area contributed by atoms with Gasteiger partial charge < -0.3 is 14.8 Å². The van der Waals surface area contributed by atoms with Crippen LogP contribution in [0.5, 0.6) is 11.5 Å². The molecule has 1 aromatic heterocycles. The van der Waals surface area contributed by atoms with Crippen LogP contribution in [0.25, 0.3) is 16.9 Å². The van der Waals surface area contributed by atoms with E-state index in [1.54, 1.807) is 14.2 Å². The lowest BCUT2D eigenvalue weighted by Crippen LogP contribution is -2.06. The van der Waals surface area contributed by atoms with E-state index < -0.39 is 0 Å². The van der Waals surface area contributed by atoms with E-state index >= 15 is 0 Å². The molecule has 26 heavy (non-hydrogen) atoms. The van der Waals surface area contributed by atoms with Gasteiger partial charge in [-0.05, 0) is 49.6 Å². The van der Waals surface area contributed by atoms with Crippen molar-refractivity contribution in [3.63, 3.8) is 0 Å².